The minimum absolute atomic E-state index is 0.0347. The van der Waals surface area contributed by atoms with Crippen molar-refractivity contribution in [3.8, 4) is 5.75 Å². The fourth-order valence-corrected chi connectivity index (χ4v) is 1.03. The Balaban J connectivity index is 3.52. The molecule has 0 atom stereocenters. The summed E-state index contributed by atoms with van der Waals surface area (Å²) in [5.41, 5.74) is 0.598. The molecule has 0 heterocycles. The van der Waals surface area contributed by atoms with Crippen LogP contribution < -0.4 is 0 Å². The number of phenols is 1. The van der Waals surface area contributed by atoms with Gasteiger partial charge in [-0.2, -0.15) is 0 Å². The van der Waals surface area contributed by atoms with E-state index in [1.54, 1.807) is 6.92 Å². The van der Waals surface area contributed by atoms with Crippen molar-refractivity contribution in [3.05, 3.63) is 28.6 Å². The van der Waals surface area contributed by atoms with Crippen molar-refractivity contribution in [2.24, 2.45) is 0 Å². The number of aldehydes is 1. The van der Waals surface area contributed by atoms with Gasteiger partial charge in [0.25, 0.3) is 0 Å². The minimum atomic E-state index is -0.465. The number of benzene rings is 1. The number of carbonyl (C=O) groups is 1. The zero-order valence-corrected chi connectivity index (χ0v) is 6.89. The summed E-state index contributed by atoms with van der Waals surface area (Å²) in [6.07, 6.45) is 0.459. The molecule has 64 valence electrons. The summed E-state index contributed by atoms with van der Waals surface area (Å²) in [6, 6.07) is 1.21. The predicted molar refractivity (Wildman–Crippen MR) is 42.9 cm³/mol. The number of rotatable bonds is 1. The standard InChI is InChI=1S/C9H9FO2/c1-5-3-8(10)6(2)7(4-11)9(5)12/h3-4,12H,1-2H3. The Bertz CT molecular complexity index is 306. The van der Waals surface area contributed by atoms with E-state index in [-0.39, 0.29) is 16.9 Å². The molecule has 1 rings (SSSR count). The number of hydrogen-bond donors (Lipinski definition) is 1. The van der Waals surface area contributed by atoms with Gasteiger partial charge in [0.15, 0.2) is 6.29 Å². The van der Waals surface area contributed by atoms with Gasteiger partial charge in [-0.25, -0.2) is 4.39 Å². The molecular formula is C9H9FO2. The maximum atomic E-state index is 12.9. The maximum absolute atomic E-state index is 12.9. The molecule has 12 heavy (non-hydrogen) atoms. The Labute approximate surface area is 69.6 Å². The molecule has 0 aliphatic rings. The Morgan fingerprint density at radius 3 is 2.58 bits per heavy atom. The van der Waals surface area contributed by atoms with Gasteiger partial charge in [-0.1, -0.05) is 0 Å². The lowest BCUT2D eigenvalue weighted by atomic mass is 10.0. The third-order valence-electron chi connectivity index (χ3n) is 1.85. The molecule has 0 radical (unpaired) electrons. The molecule has 0 aliphatic heterocycles. The van der Waals surface area contributed by atoms with Crippen LogP contribution in [0.2, 0.25) is 0 Å². The van der Waals surface area contributed by atoms with Crippen LogP contribution in [0.15, 0.2) is 6.07 Å². The first kappa shape index (κ1) is 8.71. The topological polar surface area (TPSA) is 37.3 Å². The van der Waals surface area contributed by atoms with Gasteiger partial charge in [-0.3, -0.25) is 4.79 Å². The first-order valence-electron chi connectivity index (χ1n) is 3.51. The lowest BCUT2D eigenvalue weighted by Gasteiger charge is -2.05. The highest BCUT2D eigenvalue weighted by molar-refractivity contribution is 5.82. The highest BCUT2D eigenvalue weighted by Crippen LogP contribution is 2.25. The van der Waals surface area contributed by atoms with Crippen molar-refractivity contribution in [1.29, 1.82) is 0 Å². The van der Waals surface area contributed by atoms with Crippen molar-refractivity contribution in [3.63, 3.8) is 0 Å². The molecule has 0 saturated carbocycles. The van der Waals surface area contributed by atoms with Crippen molar-refractivity contribution in [1.82, 2.24) is 0 Å². The number of aryl methyl sites for hydroxylation is 1. The van der Waals surface area contributed by atoms with E-state index in [2.05, 4.69) is 0 Å². The van der Waals surface area contributed by atoms with Crippen LogP contribution in [0.5, 0.6) is 5.75 Å². The molecular weight excluding hydrogens is 159 g/mol. The van der Waals surface area contributed by atoms with Crippen LogP contribution in [0.25, 0.3) is 0 Å². The van der Waals surface area contributed by atoms with Crippen LogP contribution in [-0.4, -0.2) is 11.4 Å². The van der Waals surface area contributed by atoms with E-state index < -0.39 is 5.82 Å². The fraction of sp³-hybridized carbons (Fsp3) is 0.222. The largest absolute Gasteiger partial charge is 0.507 e. The molecule has 0 amide bonds. The van der Waals surface area contributed by atoms with Crippen LogP contribution in [-0.2, 0) is 0 Å². The zero-order chi connectivity index (χ0) is 9.30. The summed E-state index contributed by atoms with van der Waals surface area (Å²) in [5.74, 6) is -0.601. The van der Waals surface area contributed by atoms with E-state index >= 15 is 0 Å². The van der Waals surface area contributed by atoms with Gasteiger partial charge >= 0.3 is 0 Å². The number of carbonyl (C=O) groups excluding carboxylic acids is 1. The van der Waals surface area contributed by atoms with Crippen LogP contribution >= 0.6 is 0 Å². The molecule has 0 aliphatic carbocycles. The Morgan fingerprint density at radius 2 is 2.08 bits per heavy atom. The van der Waals surface area contributed by atoms with Gasteiger partial charge in [0.1, 0.15) is 11.6 Å². The second-order valence-electron chi connectivity index (χ2n) is 2.68. The molecule has 1 aromatic carbocycles. The minimum Gasteiger partial charge on any atom is -0.507 e. The lowest BCUT2D eigenvalue weighted by Crippen LogP contribution is -1.94. The smallest absolute Gasteiger partial charge is 0.154 e. The second-order valence-corrected chi connectivity index (χ2v) is 2.68. The van der Waals surface area contributed by atoms with E-state index in [1.807, 2.05) is 0 Å². The first-order chi connectivity index (χ1) is 5.57. The zero-order valence-electron chi connectivity index (χ0n) is 6.89. The first-order valence-corrected chi connectivity index (χ1v) is 3.51. The molecule has 1 N–H and O–H groups in total. The molecule has 2 nitrogen and oxygen atoms in total. The van der Waals surface area contributed by atoms with Gasteiger partial charge in [-0.15, -0.1) is 0 Å². The van der Waals surface area contributed by atoms with Gasteiger partial charge in [0.2, 0.25) is 0 Å². The third-order valence-corrected chi connectivity index (χ3v) is 1.85. The summed E-state index contributed by atoms with van der Waals surface area (Å²) in [7, 11) is 0. The summed E-state index contributed by atoms with van der Waals surface area (Å²) in [6.45, 7) is 3.00. The average Bonchev–Trinajstić information content (AvgIpc) is 2.02. The predicted octanol–water partition coefficient (Wildman–Crippen LogP) is 1.96. The number of aromatic hydroxyl groups is 1. The quantitative estimate of drug-likeness (QED) is 0.651. The highest BCUT2D eigenvalue weighted by Gasteiger charge is 2.11. The average molecular weight is 168 g/mol. The molecule has 0 fully saturated rings. The highest BCUT2D eigenvalue weighted by atomic mass is 19.1. The van der Waals surface area contributed by atoms with Gasteiger partial charge in [0.05, 0.1) is 5.56 Å². The van der Waals surface area contributed by atoms with E-state index in [9.17, 15) is 14.3 Å². The fourth-order valence-electron chi connectivity index (χ4n) is 1.03. The molecule has 3 heteroatoms. The van der Waals surface area contributed by atoms with Gasteiger partial charge < -0.3 is 5.11 Å². The van der Waals surface area contributed by atoms with Crippen LogP contribution in [0.3, 0.4) is 0 Å². The lowest BCUT2D eigenvalue weighted by molar-refractivity contribution is 0.111. The van der Waals surface area contributed by atoms with Crippen molar-refractivity contribution < 1.29 is 14.3 Å². The summed E-state index contributed by atoms with van der Waals surface area (Å²) in [4.78, 5) is 10.4. The van der Waals surface area contributed by atoms with Crippen molar-refractivity contribution in [2.45, 2.75) is 13.8 Å². The Hall–Kier alpha value is -1.38. The summed E-state index contributed by atoms with van der Waals surface area (Å²) < 4.78 is 12.9. The van der Waals surface area contributed by atoms with Gasteiger partial charge in [-0.05, 0) is 31.0 Å². The third kappa shape index (κ3) is 1.18. The Kier molecular flexibility index (Phi) is 2.13. The number of phenolic OH excluding ortho intramolecular Hbond substituents is 1. The van der Waals surface area contributed by atoms with E-state index in [0.29, 0.717) is 11.8 Å². The van der Waals surface area contributed by atoms with Crippen molar-refractivity contribution in [2.75, 3.05) is 0 Å². The number of hydrogen-bond acceptors (Lipinski definition) is 2. The van der Waals surface area contributed by atoms with Crippen LogP contribution in [0.4, 0.5) is 4.39 Å². The molecule has 0 bridgehead atoms. The van der Waals surface area contributed by atoms with E-state index in [1.165, 1.54) is 13.0 Å². The SMILES string of the molecule is Cc1cc(F)c(C)c(C=O)c1O. The van der Waals surface area contributed by atoms with Crippen LogP contribution in [0.1, 0.15) is 21.5 Å². The second kappa shape index (κ2) is 2.93. The molecule has 0 unspecified atom stereocenters. The molecule has 0 saturated heterocycles. The van der Waals surface area contributed by atoms with Gasteiger partial charge in [0, 0.05) is 0 Å². The van der Waals surface area contributed by atoms with Crippen molar-refractivity contribution >= 4 is 6.29 Å². The maximum Gasteiger partial charge on any atom is 0.154 e. The monoisotopic (exact) mass is 168 g/mol. The van der Waals surface area contributed by atoms with E-state index in [4.69, 9.17) is 0 Å². The number of halogens is 1. The molecule has 1 aromatic rings. The van der Waals surface area contributed by atoms with Crippen LogP contribution in [0, 0.1) is 19.7 Å². The van der Waals surface area contributed by atoms with E-state index in [0.717, 1.165) is 0 Å². The summed E-state index contributed by atoms with van der Waals surface area (Å²) >= 11 is 0. The Morgan fingerprint density at radius 1 is 1.50 bits per heavy atom. The molecule has 0 spiro atoms. The molecule has 0 aromatic heterocycles. The summed E-state index contributed by atoms with van der Waals surface area (Å²) in [5, 5.41) is 9.30. The normalized spacial score (nSPS) is 9.92.